The highest BCUT2D eigenvalue weighted by atomic mass is 35.5. The molecule has 2 unspecified atom stereocenters. The van der Waals surface area contributed by atoms with Crippen molar-refractivity contribution in [2.45, 2.75) is 43.9 Å². The van der Waals surface area contributed by atoms with Gasteiger partial charge in [0.05, 0.1) is 10.0 Å². The van der Waals surface area contributed by atoms with Crippen molar-refractivity contribution in [3.63, 3.8) is 0 Å². The van der Waals surface area contributed by atoms with Crippen LogP contribution in [0, 0.1) is 0 Å². The lowest BCUT2D eigenvalue weighted by molar-refractivity contribution is -0.137. The van der Waals surface area contributed by atoms with Gasteiger partial charge in [-0.1, -0.05) is 36.0 Å². The predicted octanol–water partition coefficient (Wildman–Crippen LogP) is 5.23. The first kappa shape index (κ1) is 20.0. The highest BCUT2D eigenvalue weighted by Gasteiger charge is 2.36. The Bertz CT molecular complexity index is 816. The molecule has 1 aliphatic rings. The molecule has 0 amide bonds. The Balaban J connectivity index is 1.88. The van der Waals surface area contributed by atoms with Crippen LogP contribution in [0.1, 0.15) is 31.2 Å². The van der Waals surface area contributed by atoms with E-state index in [1.807, 2.05) is 0 Å². The molecule has 1 aromatic carbocycles. The molecule has 0 spiro atoms. The zero-order valence-electron chi connectivity index (χ0n) is 14.2. The molecule has 0 aliphatic heterocycles. The molecule has 0 bridgehead atoms. The summed E-state index contributed by atoms with van der Waals surface area (Å²) in [5.74, 6) is -0.282. The molecule has 1 fully saturated rings. The van der Waals surface area contributed by atoms with Gasteiger partial charge in [-0.05, 0) is 31.0 Å². The maximum atomic E-state index is 13.4. The van der Waals surface area contributed by atoms with E-state index in [0.29, 0.717) is 22.2 Å². The summed E-state index contributed by atoms with van der Waals surface area (Å²) in [5.41, 5.74) is 5.62. The Morgan fingerprint density at radius 1 is 1.11 bits per heavy atom. The van der Waals surface area contributed by atoms with E-state index in [4.69, 9.17) is 28.9 Å². The van der Waals surface area contributed by atoms with E-state index in [1.165, 1.54) is 6.07 Å². The molecule has 2 aromatic rings. The molecule has 4 N–H and O–H groups in total. The van der Waals surface area contributed by atoms with Crippen LogP contribution in [-0.4, -0.2) is 22.1 Å². The number of nitrogens with two attached hydrogens (primary N) is 1. The van der Waals surface area contributed by atoms with Crippen LogP contribution < -0.4 is 16.4 Å². The Morgan fingerprint density at radius 3 is 2.52 bits per heavy atom. The van der Waals surface area contributed by atoms with Gasteiger partial charge in [0, 0.05) is 24.0 Å². The summed E-state index contributed by atoms with van der Waals surface area (Å²) in [7, 11) is 0. The number of alkyl halides is 3. The number of halogens is 5. The van der Waals surface area contributed by atoms with E-state index in [0.717, 1.165) is 25.5 Å². The third-order valence-electron chi connectivity index (χ3n) is 4.41. The molecule has 27 heavy (non-hydrogen) atoms. The quantitative estimate of drug-likeness (QED) is 0.632. The minimum Gasteiger partial charge on any atom is -0.365 e. The number of aromatic nitrogens is 2. The predicted molar refractivity (Wildman–Crippen MR) is 101 cm³/mol. The molecule has 10 heteroatoms. The minimum absolute atomic E-state index is 0.00766. The Kier molecular flexibility index (Phi) is 5.98. The first-order valence-corrected chi connectivity index (χ1v) is 9.18. The summed E-state index contributed by atoms with van der Waals surface area (Å²) in [4.78, 5) is 7.81. The lowest BCUT2D eigenvalue weighted by Crippen LogP contribution is -2.43. The molecule has 5 nitrogen and oxygen atoms in total. The molecule has 1 aliphatic carbocycles. The van der Waals surface area contributed by atoms with Crippen molar-refractivity contribution in [2.24, 2.45) is 5.73 Å². The van der Waals surface area contributed by atoms with Gasteiger partial charge in [0.25, 0.3) is 0 Å². The Labute approximate surface area is 164 Å². The van der Waals surface area contributed by atoms with Gasteiger partial charge < -0.3 is 16.4 Å². The van der Waals surface area contributed by atoms with Crippen LogP contribution in [0.3, 0.4) is 0 Å². The second-order valence-electron chi connectivity index (χ2n) is 6.41. The normalized spacial score (nSPS) is 20.4. The summed E-state index contributed by atoms with van der Waals surface area (Å²) >= 11 is 11.8. The number of benzene rings is 1. The molecular formula is C17H18Cl2F3N5. The lowest BCUT2D eigenvalue weighted by atomic mass is 9.91. The molecule has 1 aromatic heterocycles. The molecule has 1 heterocycles. The van der Waals surface area contributed by atoms with Crippen LogP contribution in [0.15, 0.2) is 24.4 Å². The number of hydrogen-bond donors (Lipinski definition) is 3. The highest BCUT2D eigenvalue weighted by molar-refractivity contribution is 6.42. The number of nitrogens with one attached hydrogen (secondary N) is 2. The monoisotopic (exact) mass is 419 g/mol. The van der Waals surface area contributed by atoms with Crippen molar-refractivity contribution in [3.05, 3.63) is 40.0 Å². The maximum absolute atomic E-state index is 13.4. The summed E-state index contributed by atoms with van der Waals surface area (Å²) in [6.45, 7) is 0. The van der Waals surface area contributed by atoms with E-state index in [-0.39, 0.29) is 23.8 Å². The minimum atomic E-state index is -4.58. The van der Waals surface area contributed by atoms with Gasteiger partial charge in [-0.25, -0.2) is 4.98 Å². The van der Waals surface area contributed by atoms with Crippen LogP contribution in [0.2, 0.25) is 10.0 Å². The average molecular weight is 420 g/mol. The van der Waals surface area contributed by atoms with Gasteiger partial charge in [-0.2, -0.15) is 18.2 Å². The summed E-state index contributed by atoms with van der Waals surface area (Å²) in [5, 5.41) is 6.38. The van der Waals surface area contributed by atoms with E-state index in [2.05, 4.69) is 20.6 Å². The molecule has 3 rings (SSSR count). The zero-order valence-corrected chi connectivity index (χ0v) is 15.7. The van der Waals surface area contributed by atoms with E-state index >= 15 is 0 Å². The smallest absolute Gasteiger partial charge is 0.365 e. The number of anilines is 3. The first-order valence-electron chi connectivity index (χ1n) is 8.42. The number of rotatable bonds is 4. The van der Waals surface area contributed by atoms with Gasteiger partial charge in [0.15, 0.2) is 0 Å². The third-order valence-corrected chi connectivity index (χ3v) is 5.15. The third kappa shape index (κ3) is 4.94. The van der Waals surface area contributed by atoms with E-state index < -0.39 is 11.7 Å². The fourth-order valence-corrected chi connectivity index (χ4v) is 3.27. The van der Waals surface area contributed by atoms with Gasteiger partial charge >= 0.3 is 6.18 Å². The second kappa shape index (κ2) is 8.08. The number of hydrogen-bond acceptors (Lipinski definition) is 5. The average Bonchev–Trinajstić information content (AvgIpc) is 2.59. The van der Waals surface area contributed by atoms with Gasteiger partial charge in [0.2, 0.25) is 5.95 Å². The highest BCUT2D eigenvalue weighted by Crippen LogP contribution is 2.35. The Hall–Kier alpha value is -1.77. The molecule has 2 atom stereocenters. The summed E-state index contributed by atoms with van der Waals surface area (Å²) < 4.78 is 40.1. The molecule has 0 radical (unpaired) electrons. The van der Waals surface area contributed by atoms with Crippen LogP contribution in [0.4, 0.5) is 30.6 Å². The first-order chi connectivity index (χ1) is 12.7. The maximum Gasteiger partial charge on any atom is 0.421 e. The molecule has 1 saturated carbocycles. The van der Waals surface area contributed by atoms with Crippen molar-refractivity contribution < 1.29 is 13.2 Å². The van der Waals surface area contributed by atoms with Crippen molar-refractivity contribution in [3.8, 4) is 0 Å². The topological polar surface area (TPSA) is 75.9 Å². The zero-order chi connectivity index (χ0) is 19.6. The van der Waals surface area contributed by atoms with Crippen LogP contribution in [-0.2, 0) is 6.18 Å². The standard InChI is InChI=1S/C17H18Cl2F3N5/c18-11-6-5-9(7-12(11)19)25-16-24-8-10(17(20,21)22)15(27-16)26-14-4-2-1-3-13(14)23/h5-8,13-14H,1-4,23H2,(H2,24,25,26,27). The summed E-state index contributed by atoms with van der Waals surface area (Å²) in [6.07, 6.45) is -0.491. The van der Waals surface area contributed by atoms with Gasteiger partial charge in [0.1, 0.15) is 11.4 Å². The van der Waals surface area contributed by atoms with Crippen LogP contribution in [0.5, 0.6) is 0 Å². The number of nitrogens with zero attached hydrogens (tertiary/aromatic N) is 2. The van der Waals surface area contributed by atoms with Crippen LogP contribution >= 0.6 is 23.2 Å². The Morgan fingerprint density at radius 2 is 1.85 bits per heavy atom. The van der Waals surface area contributed by atoms with E-state index in [1.54, 1.807) is 12.1 Å². The van der Waals surface area contributed by atoms with Crippen molar-refractivity contribution in [1.82, 2.24) is 9.97 Å². The van der Waals surface area contributed by atoms with E-state index in [9.17, 15) is 13.2 Å². The van der Waals surface area contributed by atoms with Crippen molar-refractivity contribution >= 4 is 40.7 Å². The fraction of sp³-hybridized carbons (Fsp3) is 0.412. The van der Waals surface area contributed by atoms with Crippen LogP contribution in [0.25, 0.3) is 0 Å². The molecular weight excluding hydrogens is 402 g/mol. The molecule has 146 valence electrons. The fourth-order valence-electron chi connectivity index (χ4n) is 2.98. The largest absolute Gasteiger partial charge is 0.421 e. The summed E-state index contributed by atoms with van der Waals surface area (Å²) in [6, 6.07) is 4.24. The van der Waals surface area contributed by atoms with Gasteiger partial charge in [-0.3, -0.25) is 0 Å². The van der Waals surface area contributed by atoms with Crippen molar-refractivity contribution in [1.29, 1.82) is 0 Å². The molecule has 0 saturated heterocycles. The van der Waals surface area contributed by atoms with Gasteiger partial charge in [-0.15, -0.1) is 0 Å². The lowest BCUT2D eigenvalue weighted by Gasteiger charge is -2.30. The second-order valence-corrected chi connectivity index (χ2v) is 7.22. The van der Waals surface area contributed by atoms with Crippen molar-refractivity contribution in [2.75, 3.05) is 10.6 Å². The SMILES string of the molecule is NC1CCCCC1Nc1nc(Nc2ccc(Cl)c(Cl)c2)ncc1C(F)(F)F.